The van der Waals surface area contributed by atoms with Crippen LogP contribution in [0, 0.1) is 0 Å². The van der Waals surface area contributed by atoms with Gasteiger partial charge in [-0.1, -0.05) is 0 Å². The van der Waals surface area contributed by atoms with Gasteiger partial charge in [0, 0.05) is 0 Å². The van der Waals surface area contributed by atoms with Crippen LogP contribution in [-0.4, -0.2) is 31.0 Å². The fraction of sp³-hybridized carbons (Fsp3) is 0. The van der Waals surface area contributed by atoms with E-state index in [0.717, 1.165) is 0 Å². The second-order valence-electron chi connectivity index (χ2n) is 0.192. The van der Waals surface area contributed by atoms with Crippen LogP contribution < -0.4 is 8.32 Å². The van der Waals surface area contributed by atoms with Crippen LogP contribution in [0.3, 0.4) is 0 Å². The fourth-order valence-electron chi connectivity index (χ4n) is 0. The largest absolute Gasteiger partial charge is 2.00 e. The minimum Gasteiger partial charge on any atom is 2.00 e. The Morgan fingerprint density at radius 1 is 1.00 bits per heavy atom. The summed E-state index contributed by atoms with van der Waals surface area (Å²) in [6, 6.07) is 0. The van der Waals surface area contributed by atoms with Gasteiger partial charge in [-0.2, -0.15) is 0 Å². The van der Waals surface area contributed by atoms with Gasteiger partial charge in [-0.3, -0.25) is 0 Å². The molecule has 0 amide bonds. The first kappa shape index (κ1) is 15.7. The van der Waals surface area contributed by atoms with E-state index in [-0.39, 0.29) is 20.4 Å². The van der Waals surface area contributed by atoms with Crippen LogP contribution in [0.5, 0.6) is 0 Å². The average molecular weight is 224 g/mol. The molecule has 0 fully saturated rings. The number of hydrogen-bond donors (Lipinski definition) is 0. The van der Waals surface area contributed by atoms with Crippen LogP contribution in [0.15, 0.2) is 0 Å². The fourth-order valence-corrected chi connectivity index (χ4v) is 0. The third kappa shape index (κ3) is 196. The van der Waals surface area contributed by atoms with Crippen LogP contribution in [0.1, 0.15) is 0 Å². The Hall–Kier alpha value is 0.927. The molecule has 0 bridgehead atoms. The van der Waals surface area contributed by atoms with Crippen molar-refractivity contribution in [2.45, 2.75) is 0 Å². The van der Waals surface area contributed by atoms with E-state index in [4.69, 9.17) is 15.9 Å². The van der Waals surface area contributed by atoms with Crippen LogP contribution in [0.2, 0.25) is 0 Å². The molecule has 4 nitrogen and oxygen atoms in total. The second kappa shape index (κ2) is 28.4. The number of hydrogen-bond acceptors (Lipinski definition) is 4. The molecule has 0 atom stereocenters. The molecule has 0 N–H and O–H groups in total. The van der Waals surface area contributed by atoms with Crippen molar-refractivity contribution in [3.8, 4) is 0 Å². The standard InChI is InChI=1S/2Al.4O.Pd/q;;;;2*-1;+2. The van der Waals surface area contributed by atoms with Crippen molar-refractivity contribution in [2.24, 2.45) is 0 Å². The Kier molecular flexibility index (Phi) is 63.6. The minimum absolute atomic E-state index is 0. The SMILES string of the molecule is [O]=[Al][O-].[O]=[Al][O-].[Pd+2]. The summed E-state index contributed by atoms with van der Waals surface area (Å²) in [7, 11) is 0. The van der Waals surface area contributed by atoms with Gasteiger partial charge in [0.1, 0.15) is 0 Å². The van der Waals surface area contributed by atoms with Gasteiger partial charge in [-0.05, 0) is 0 Å². The summed E-state index contributed by atoms with van der Waals surface area (Å²) < 4.78 is 33.8. The number of rotatable bonds is 0. The van der Waals surface area contributed by atoms with Crippen LogP contribution in [-0.2, 0) is 28.0 Å². The van der Waals surface area contributed by atoms with E-state index in [2.05, 4.69) is 0 Å². The molecule has 0 radical (unpaired) electrons. The zero-order chi connectivity index (χ0) is 5.41. The minimum atomic E-state index is -1.75. The van der Waals surface area contributed by atoms with Gasteiger partial charge in [-0.25, -0.2) is 0 Å². The topological polar surface area (TPSA) is 80.3 Å². The monoisotopic (exact) mass is 224 g/mol. The van der Waals surface area contributed by atoms with E-state index >= 15 is 0 Å². The summed E-state index contributed by atoms with van der Waals surface area (Å²) in [5.74, 6) is 0. The molecule has 0 rings (SSSR count). The van der Waals surface area contributed by atoms with Gasteiger partial charge in [0.2, 0.25) is 0 Å². The zero-order valence-electron chi connectivity index (χ0n) is 3.10. The van der Waals surface area contributed by atoms with Gasteiger partial charge >= 0.3 is 67.3 Å². The Labute approximate surface area is 67.1 Å². The first-order chi connectivity index (χ1) is 2.83. The van der Waals surface area contributed by atoms with Crippen LogP contribution in [0.25, 0.3) is 0 Å². The Morgan fingerprint density at radius 3 is 1.00 bits per heavy atom. The van der Waals surface area contributed by atoms with E-state index in [1.807, 2.05) is 0 Å². The molecular weight excluding hydrogens is 224 g/mol. The van der Waals surface area contributed by atoms with Crippen molar-refractivity contribution in [3.05, 3.63) is 0 Å². The molecule has 0 aliphatic rings. The van der Waals surface area contributed by atoms with Crippen LogP contribution in [0.4, 0.5) is 0 Å². The first-order valence-electron chi connectivity index (χ1n) is 0.943. The zero-order valence-corrected chi connectivity index (χ0v) is 6.97. The molecule has 0 saturated carbocycles. The van der Waals surface area contributed by atoms with Gasteiger partial charge in [0.05, 0.1) is 0 Å². The molecule has 0 aliphatic heterocycles. The van der Waals surface area contributed by atoms with Crippen LogP contribution >= 0.6 is 0 Å². The Balaban J connectivity index is -0.0000000400. The first-order valence-corrected chi connectivity index (χ1v) is 2.83. The van der Waals surface area contributed by atoms with Crippen molar-refractivity contribution >= 4 is 31.0 Å². The molecule has 0 aromatic rings. The maximum Gasteiger partial charge on any atom is 2.00 e. The Bertz CT molecular complexity index is 30.7. The molecule has 0 aliphatic carbocycles. The third-order valence-corrected chi connectivity index (χ3v) is 0. The molecule has 0 aromatic carbocycles. The van der Waals surface area contributed by atoms with Crippen molar-refractivity contribution in [1.82, 2.24) is 0 Å². The molecule has 0 aromatic heterocycles. The molecule has 0 saturated heterocycles. The van der Waals surface area contributed by atoms with Crippen molar-refractivity contribution in [3.63, 3.8) is 0 Å². The Morgan fingerprint density at radius 2 is 1.00 bits per heavy atom. The quantitative estimate of drug-likeness (QED) is 0.402. The maximum absolute atomic E-state index is 8.46. The van der Waals surface area contributed by atoms with E-state index in [9.17, 15) is 0 Å². The maximum atomic E-state index is 8.46. The molecule has 40 valence electrons. The van der Waals surface area contributed by atoms with E-state index in [1.165, 1.54) is 0 Å². The normalized spacial score (nSPS) is 2.29. The van der Waals surface area contributed by atoms with E-state index in [0.29, 0.717) is 0 Å². The van der Waals surface area contributed by atoms with Gasteiger partial charge in [0.25, 0.3) is 0 Å². The average Bonchev–Trinajstić information content (AvgIpc) is 1.39. The van der Waals surface area contributed by atoms with Crippen molar-refractivity contribution in [2.75, 3.05) is 0 Å². The molecular formula is Al2O4Pd. The summed E-state index contributed by atoms with van der Waals surface area (Å²) in [4.78, 5) is 0. The van der Waals surface area contributed by atoms with Gasteiger partial charge in [-0.15, -0.1) is 0 Å². The van der Waals surface area contributed by atoms with E-state index < -0.39 is 31.0 Å². The van der Waals surface area contributed by atoms with Crippen molar-refractivity contribution < 1.29 is 36.3 Å². The summed E-state index contributed by atoms with van der Waals surface area (Å²) in [6.07, 6.45) is 0. The summed E-state index contributed by atoms with van der Waals surface area (Å²) in [5, 5.41) is 0. The summed E-state index contributed by atoms with van der Waals surface area (Å²) in [5.41, 5.74) is 0. The third-order valence-electron chi connectivity index (χ3n) is 0. The van der Waals surface area contributed by atoms with Gasteiger partial charge in [0.15, 0.2) is 0 Å². The predicted molar refractivity (Wildman–Crippen MR) is 12.9 cm³/mol. The summed E-state index contributed by atoms with van der Waals surface area (Å²) in [6.45, 7) is 0. The van der Waals surface area contributed by atoms with Crippen molar-refractivity contribution in [1.29, 1.82) is 0 Å². The second-order valence-corrected chi connectivity index (χ2v) is 0.577. The molecule has 0 heterocycles. The smallest absolute Gasteiger partial charge is 2.00 e. The van der Waals surface area contributed by atoms with E-state index in [1.54, 1.807) is 0 Å². The molecule has 0 unspecified atom stereocenters. The predicted octanol–water partition coefficient (Wildman–Crippen LogP) is -3.38. The summed E-state index contributed by atoms with van der Waals surface area (Å²) >= 11 is -3.50. The van der Waals surface area contributed by atoms with Gasteiger partial charge < -0.3 is 0 Å². The molecule has 7 heavy (non-hydrogen) atoms. The molecule has 7 heteroatoms. The molecule has 0 spiro atoms.